The van der Waals surface area contributed by atoms with E-state index in [0.717, 1.165) is 0 Å². The summed E-state index contributed by atoms with van der Waals surface area (Å²) < 4.78 is 23.1. The molecule has 0 heterocycles. The number of carbonyl (C=O) groups excluding carboxylic acids is 2. The van der Waals surface area contributed by atoms with Crippen LogP contribution in [-0.4, -0.2) is 30.9 Å². The van der Waals surface area contributed by atoms with Gasteiger partial charge in [0, 0.05) is 5.69 Å². The molecule has 0 fully saturated rings. The van der Waals surface area contributed by atoms with Crippen LogP contribution >= 0.6 is 0 Å². The monoisotopic (exact) mass is 373 g/mol. The third-order valence-corrected chi connectivity index (χ3v) is 3.09. The average Bonchev–Trinajstić information content (AvgIpc) is 2.62. The largest absolute Gasteiger partial charge is 0.482 e. The van der Waals surface area contributed by atoms with Crippen molar-refractivity contribution in [3.63, 3.8) is 0 Å². The second-order valence-electron chi connectivity index (χ2n) is 5.73. The van der Waals surface area contributed by atoms with Gasteiger partial charge < -0.3 is 14.8 Å². The maximum absolute atomic E-state index is 12.8. The van der Waals surface area contributed by atoms with Gasteiger partial charge in [0.25, 0.3) is 0 Å². The average molecular weight is 373 g/mol. The van der Waals surface area contributed by atoms with Gasteiger partial charge in [-0.3, -0.25) is 0 Å². The van der Waals surface area contributed by atoms with Gasteiger partial charge >= 0.3 is 12.0 Å². The number of nitrogens with zero attached hydrogens (tertiary/aromatic N) is 1. The number of rotatable bonds is 7. The van der Waals surface area contributed by atoms with Crippen LogP contribution in [0.2, 0.25) is 0 Å². The fourth-order valence-electron chi connectivity index (χ4n) is 1.95. The van der Waals surface area contributed by atoms with E-state index < -0.39 is 12.0 Å². The van der Waals surface area contributed by atoms with Gasteiger partial charge in [0.05, 0.1) is 12.3 Å². The highest BCUT2D eigenvalue weighted by atomic mass is 19.1. The number of carbonyl (C=O) groups is 2. The molecule has 2 N–H and O–H groups in total. The van der Waals surface area contributed by atoms with Crippen LogP contribution in [0.4, 0.5) is 14.9 Å². The maximum atomic E-state index is 12.8. The Labute approximate surface area is 156 Å². The molecule has 0 aliphatic carbocycles. The molecule has 0 aromatic heterocycles. The summed E-state index contributed by atoms with van der Waals surface area (Å²) in [7, 11) is 0. The van der Waals surface area contributed by atoms with Crippen molar-refractivity contribution in [1.29, 1.82) is 0 Å². The molecule has 0 spiro atoms. The zero-order valence-electron chi connectivity index (χ0n) is 14.9. The van der Waals surface area contributed by atoms with Gasteiger partial charge in [-0.05, 0) is 67.9 Å². The number of benzene rings is 2. The van der Waals surface area contributed by atoms with E-state index in [1.54, 1.807) is 38.1 Å². The summed E-state index contributed by atoms with van der Waals surface area (Å²) in [5, 5.41) is 6.33. The lowest BCUT2D eigenvalue weighted by atomic mass is 10.2. The Bertz CT molecular complexity index is 790. The Hall–Kier alpha value is -3.42. The number of esters is 1. The summed E-state index contributed by atoms with van der Waals surface area (Å²) in [5.74, 6) is -0.315. The molecule has 0 radical (unpaired) electrons. The molecular weight excluding hydrogens is 353 g/mol. The fraction of sp³-hybridized carbons (Fsp3) is 0.211. The van der Waals surface area contributed by atoms with Gasteiger partial charge in [0.2, 0.25) is 0 Å². The number of anilines is 1. The van der Waals surface area contributed by atoms with E-state index in [-0.39, 0.29) is 18.5 Å². The van der Waals surface area contributed by atoms with E-state index in [0.29, 0.717) is 17.0 Å². The third kappa shape index (κ3) is 7.55. The van der Waals surface area contributed by atoms with Crippen molar-refractivity contribution in [1.82, 2.24) is 5.43 Å². The zero-order chi connectivity index (χ0) is 19.6. The first kappa shape index (κ1) is 19.9. The minimum Gasteiger partial charge on any atom is -0.482 e. The molecule has 2 aromatic carbocycles. The predicted molar refractivity (Wildman–Crippen MR) is 99.3 cm³/mol. The number of halogens is 1. The van der Waals surface area contributed by atoms with Gasteiger partial charge in [-0.1, -0.05) is 0 Å². The highest BCUT2D eigenvalue weighted by Gasteiger charge is 2.06. The minimum absolute atomic E-state index is 0.170. The van der Waals surface area contributed by atoms with Gasteiger partial charge in [0.15, 0.2) is 6.61 Å². The number of nitrogens with one attached hydrogen (secondary N) is 2. The smallest absolute Gasteiger partial charge is 0.344 e. The first-order valence-corrected chi connectivity index (χ1v) is 8.20. The molecule has 0 aliphatic heterocycles. The number of urea groups is 1. The molecule has 2 aromatic rings. The molecule has 27 heavy (non-hydrogen) atoms. The van der Waals surface area contributed by atoms with Gasteiger partial charge in [-0.15, -0.1) is 0 Å². The number of amides is 2. The first-order valence-electron chi connectivity index (χ1n) is 8.20. The maximum Gasteiger partial charge on any atom is 0.344 e. The van der Waals surface area contributed by atoms with Crippen molar-refractivity contribution < 1.29 is 23.5 Å². The molecule has 0 bridgehead atoms. The van der Waals surface area contributed by atoms with E-state index >= 15 is 0 Å². The molecule has 0 aliphatic rings. The highest BCUT2D eigenvalue weighted by Crippen LogP contribution is 2.11. The first-order chi connectivity index (χ1) is 12.9. The summed E-state index contributed by atoms with van der Waals surface area (Å²) in [5.41, 5.74) is 3.46. The van der Waals surface area contributed by atoms with Crippen LogP contribution in [0.25, 0.3) is 0 Å². The molecule has 8 heteroatoms. The van der Waals surface area contributed by atoms with Crippen LogP contribution in [0.5, 0.6) is 5.75 Å². The molecule has 0 saturated heterocycles. The van der Waals surface area contributed by atoms with Crippen molar-refractivity contribution in [2.24, 2.45) is 5.10 Å². The third-order valence-electron chi connectivity index (χ3n) is 3.09. The van der Waals surface area contributed by atoms with Gasteiger partial charge in [-0.25, -0.2) is 19.4 Å². The Kier molecular flexibility index (Phi) is 7.30. The summed E-state index contributed by atoms with van der Waals surface area (Å²) in [4.78, 5) is 23.1. The zero-order valence-corrected chi connectivity index (χ0v) is 14.9. The summed E-state index contributed by atoms with van der Waals surface area (Å²) in [6, 6.07) is 11.6. The Balaban J connectivity index is 1.77. The van der Waals surface area contributed by atoms with Crippen molar-refractivity contribution in [2.45, 2.75) is 20.0 Å². The topological polar surface area (TPSA) is 89.0 Å². The van der Waals surface area contributed by atoms with E-state index in [2.05, 4.69) is 15.8 Å². The second kappa shape index (κ2) is 9.91. The Morgan fingerprint density at radius 2 is 1.78 bits per heavy atom. The van der Waals surface area contributed by atoms with Gasteiger partial charge in [-0.2, -0.15) is 5.10 Å². The molecule has 2 amide bonds. The molecule has 0 unspecified atom stereocenters. The van der Waals surface area contributed by atoms with Gasteiger partial charge in [0.1, 0.15) is 11.6 Å². The molecule has 2 rings (SSSR count). The van der Waals surface area contributed by atoms with Crippen molar-refractivity contribution in [3.8, 4) is 5.75 Å². The SMILES string of the molecule is CC(C)OC(=O)COc1ccc(/C=N/NC(=O)Nc2ccc(F)cc2)cc1. The lowest BCUT2D eigenvalue weighted by Gasteiger charge is -2.09. The summed E-state index contributed by atoms with van der Waals surface area (Å²) >= 11 is 0. The second-order valence-corrected chi connectivity index (χ2v) is 5.73. The highest BCUT2D eigenvalue weighted by molar-refractivity contribution is 5.90. The van der Waals surface area contributed by atoms with Crippen LogP contribution in [0, 0.1) is 5.82 Å². The van der Waals surface area contributed by atoms with Crippen LogP contribution in [-0.2, 0) is 9.53 Å². The van der Waals surface area contributed by atoms with Crippen LogP contribution in [0.1, 0.15) is 19.4 Å². The standard InChI is InChI=1S/C19H20FN3O4/c1-13(2)27-18(24)12-26-17-9-3-14(4-10-17)11-21-23-19(25)22-16-7-5-15(20)6-8-16/h3-11,13H,12H2,1-2H3,(H2,22,23,25)/b21-11+. The number of hydrogen-bond donors (Lipinski definition) is 2. The van der Waals surface area contributed by atoms with E-state index in [1.165, 1.54) is 30.5 Å². The number of ether oxygens (including phenoxy) is 2. The predicted octanol–water partition coefficient (Wildman–Crippen LogP) is 3.31. The molecule has 0 atom stereocenters. The minimum atomic E-state index is -0.554. The number of hydrazone groups is 1. The summed E-state index contributed by atoms with van der Waals surface area (Å²) in [6.45, 7) is 3.36. The van der Waals surface area contributed by atoms with Crippen molar-refractivity contribution >= 4 is 23.9 Å². The molecule has 7 nitrogen and oxygen atoms in total. The van der Waals surface area contributed by atoms with Crippen LogP contribution < -0.4 is 15.5 Å². The van der Waals surface area contributed by atoms with Crippen LogP contribution in [0.3, 0.4) is 0 Å². The number of hydrogen-bond acceptors (Lipinski definition) is 5. The Morgan fingerprint density at radius 3 is 2.41 bits per heavy atom. The lowest BCUT2D eigenvalue weighted by molar-refractivity contribution is -0.149. The lowest BCUT2D eigenvalue weighted by Crippen LogP contribution is -2.24. The normalized spacial score (nSPS) is 10.7. The molecule has 0 saturated carbocycles. The Morgan fingerprint density at radius 1 is 1.11 bits per heavy atom. The fourth-order valence-corrected chi connectivity index (χ4v) is 1.95. The van der Waals surface area contributed by atoms with E-state index in [4.69, 9.17) is 9.47 Å². The van der Waals surface area contributed by atoms with Crippen molar-refractivity contribution in [3.05, 3.63) is 59.9 Å². The van der Waals surface area contributed by atoms with E-state index in [9.17, 15) is 14.0 Å². The molecular formula is C19H20FN3O4. The summed E-state index contributed by atoms with van der Waals surface area (Å²) in [6.07, 6.45) is 1.26. The molecule has 142 valence electrons. The van der Waals surface area contributed by atoms with Crippen molar-refractivity contribution in [2.75, 3.05) is 11.9 Å². The van der Waals surface area contributed by atoms with E-state index in [1.807, 2.05) is 0 Å². The van der Waals surface area contributed by atoms with Crippen LogP contribution in [0.15, 0.2) is 53.6 Å². The quantitative estimate of drug-likeness (QED) is 0.443.